The summed E-state index contributed by atoms with van der Waals surface area (Å²) in [5.41, 5.74) is 1.70. The van der Waals surface area contributed by atoms with Gasteiger partial charge >= 0.3 is 0 Å². The first-order chi connectivity index (χ1) is 13.1. The smallest absolute Gasteiger partial charge is 0.246 e. The summed E-state index contributed by atoms with van der Waals surface area (Å²) < 4.78 is 11.2. The van der Waals surface area contributed by atoms with Crippen molar-refractivity contribution < 1.29 is 14.3 Å². The first kappa shape index (κ1) is 19.8. The van der Waals surface area contributed by atoms with Gasteiger partial charge in [0.25, 0.3) is 0 Å². The van der Waals surface area contributed by atoms with Crippen LogP contribution in [0, 0.1) is 11.3 Å². The molecule has 1 saturated carbocycles. The van der Waals surface area contributed by atoms with Crippen molar-refractivity contribution in [2.24, 2.45) is 0 Å². The number of carbonyl (C=O) groups is 1. The SMILES string of the molecule is CCOCC(=O)N[C@@H]1CC[C@@]2(OC)CCN(Cc3cccc(C#N)c3)[C@H]2C1. The van der Waals surface area contributed by atoms with E-state index in [-0.39, 0.29) is 30.2 Å². The zero-order chi connectivity index (χ0) is 19.3. The lowest BCUT2D eigenvalue weighted by Gasteiger charge is -2.44. The minimum atomic E-state index is -0.131. The van der Waals surface area contributed by atoms with Crippen molar-refractivity contribution in [2.75, 3.05) is 26.9 Å². The van der Waals surface area contributed by atoms with E-state index in [0.29, 0.717) is 12.2 Å². The molecule has 1 heterocycles. The molecule has 6 nitrogen and oxygen atoms in total. The Kier molecular flexibility index (Phi) is 6.48. The summed E-state index contributed by atoms with van der Waals surface area (Å²) in [5.74, 6) is -0.0435. The van der Waals surface area contributed by atoms with Crippen LogP contribution in [0.4, 0.5) is 0 Å². The maximum Gasteiger partial charge on any atom is 0.246 e. The molecular weight excluding hydrogens is 342 g/mol. The average molecular weight is 371 g/mol. The van der Waals surface area contributed by atoms with E-state index in [4.69, 9.17) is 14.7 Å². The molecule has 0 spiro atoms. The van der Waals surface area contributed by atoms with Crippen molar-refractivity contribution in [1.82, 2.24) is 10.2 Å². The van der Waals surface area contributed by atoms with E-state index in [1.54, 1.807) is 7.11 Å². The summed E-state index contributed by atoms with van der Waals surface area (Å²) in [4.78, 5) is 14.5. The molecule has 27 heavy (non-hydrogen) atoms. The highest BCUT2D eigenvalue weighted by Gasteiger charge is 2.51. The molecule has 6 heteroatoms. The fourth-order valence-corrected chi connectivity index (χ4v) is 4.55. The second-order valence-electron chi connectivity index (χ2n) is 7.49. The van der Waals surface area contributed by atoms with Crippen molar-refractivity contribution in [2.45, 2.75) is 56.8 Å². The van der Waals surface area contributed by atoms with E-state index in [2.05, 4.69) is 22.4 Å². The third-order valence-electron chi connectivity index (χ3n) is 5.94. The number of methoxy groups -OCH3 is 1. The Bertz CT molecular complexity index is 702. The lowest BCUT2D eigenvalue weighted by atomic mass is 9.78. The Balaban J connectivity index is 1.68. The van der Waals surface area contributed by atoms with Gasteiger partial charge in [-0.05, 0) is 50.3 Å². The molecule has 3 rings (SSSR count). The van der Waals surface area contributed by atoms with E-state index in [0.717, 1.165) is 44.3 Å². The van der Waals surface area contributed by atoms with Crippen LogP contribution in [0.3, 0.4) is 0 Å². The molecule has 2 fully saturated rings. The van der Waals surface area contributed by atoms with Gasteiger partial charge in [-0.2, -0.15) is 5.26 Å². The van der Waals surface area contributed by atoms with Crippen LogP contribution < -0.4 is 5.32 Å². The molecule has 2 aliphatic rings. The number of benzene rings is 1. The third-order valence-corrected chi connectivity index (χ3v) is 5.94. The normalized spacial score (nSPS) is 27.7. The maximum absolute atomic E-state index is 12.0. The van der Waals surface area contributed by atoms with Crippen LogP contribution in [-0.2, 0) is 20.8 Å². The second-order valence-corrected chi connectivity index (χ2v) is 7.49. The molecule has 1 aromatic rings. The van der Waals surface area contributed by atoms with Gasteiger partial charge in [-0.1, -0.05) is 12.1 Å². The van der Waals surface area contributed by atoms with E-state index in [9.17, 15) is 4.79 Å². The van der Waals surface area contributed by atoms with Crippen molar-refractivity contribution in [3.05, 3.63) is 35.4 Å². The van der Waals surface area contributed by atoms with Gasteiger partial charge in [-0.3, -0.25) is 9.69 Å². The lowest BCUT2D eigenvalue weighted by molar-refractivity contribution is -0.127. The molecule has 0 unspecified atom stereocenters. The number of fused-ring (bicyclic) bond motifs is 1. The van der Waals surface area contributed by atoms with Gasteiger partial charge in [0.2, 0.25) is 5.91 Å². The highest BCUT2D eigenvalue weighted by Crippen LogP contribution is 2.43. The molecule has 1 aliphatic heterocycles. The Morgan fingerprint density at radius 1 is 1.44 bits per heavy atom. The number of carbonyl (C=O) groups excluding carboxylic acids is 1. The fourth-order valence-electron chi connectivity index (χ4n) is 4.55. The van der Waals surface area contributed by atoms with E-state index in [1.165, 1.54) is 0 Å². The van der Waals surface area contributed by atoms with Crippen LogP contribution in [0.15, 0.2) is 24.3 Å². The molecule has 146 valence electrons. The third kappa shape index (κ3) is 4.49. The molecule has 1 aliphatic carbocycles. The molecule has 1 amide bonds. The number of rotatable bonds is 7. The van der Waals surface area contributed by atoms with E-state index in [1.807, 2.05) is 25.1 Å². The summed E-state index contributed by atoms with van der Waals surface area (Å²) in [6.45, 7) is 4.32. The van der Waals surface area contributed by atoms with Crippen LogP contribution >= 0.6 is 0 Å². The minimum absolute atomic E-state index is 0.0435. The Morgan fingerprint density at radius 3 is 3.04 bits per heavy atom. The van der Waals surface area contributed by atoms with E-state index < -0.39 is 0 Å². The van der Waals surface area contributed by atoms with Crippen LogP contribution in [0.1, 0.15) is 43.7 Å². The lowest BCUT2D eigenvalue weighted by Crippen LogP contribution is -2.54. The largest absolute Gasteiger partial charge is 0.377 e. The van der Waals surface area contributed by atoms with Crippen LogP contribution in [0.25, 0.3) is 0 Å². The molecule has 0 aromatic heterocycles. The quantitative estimate of drug-likeness (QED) is 0.795. The summed E-state index contributed by atoms with van der Waals surface area (Å²) in [7, 11) is 1.81. The number of nitrogens with one attached hydrogen (secondary N) is 1. The van der Waals surface area contributed by atoms with Crippen molar-refractivity contribution in [1.29, 1.82) is 5.26 Å². The van der Waals surface area contributed by atoms with Crippen molar-refractivity contribution in [3.8, 4) is 6.07 Å². The zero-order valence-corrected chi connectivity index (χ0v) is 16.2. The summed E-state index contributed by atoms with van der Waals surface area (Å²) in [5, 5.41) is 12.3. The van der Waals surface area contributed by atoms with Gasteiger partial charge in [-0.15, -0.1) is 0 Å². The molecule has 1 saturated heterocycles. The van der Waals surface area contributed by atoms with Crippen LogP contribution in [-0.4, -0.2) is 55.4 Å². The monoisotopic (exact) mass is 371 g/mol. The Morgan fingerprint density at radius 2 is 2.30 bits per heavy atom. The molecule has 3 atom stereocenters. The maximum atomic E-state index is 12.0. The number of likely N-dealkylation sites (tertiary alicyclic amines) is 1. The summed E-state index contributed by atoms with van der Waals surface area (Å²) in [6, 6.07) is 10.4. The number of hydrogen-bond acceptors (Lipinski definition) is 5. The summed E-state index contributed by atoms with van der Waals surface area (Å²) in [6.07, 6.45) is 3.76. The predicted molar refractivity (Wildman–Crippen MR) is 102 cm³/mol. The number of hydrogen-bond donors (Lipinski definition) is 1. The van der Waals surface area contributed by atoms with Gasteiger partial charge in [0.05, 0.1) is 17.2 Å². The molecule has 1 aromatic carbocycles. The highest BCUT2D eigenvalue weighted by molar-refractivity contribution is 5.77. The van der Waals surface area contributed by atoms with E-state index >= 15 is 0 Å². The minimum Gasteiger partial charge on any atom is -0.377 e. The predicted octanol–water partition coefficient (Wildman–Crippen LogP) is 2.22. The van der Waals surface area contributed by atoms with Gasteiger partial charge in [0.1, 0.15) is 6.61 Å². The number of nitriles is 1. The molecular formula is C21H29N3O3. The van der Waals surface area contributed by atoms with Crippen molar-refractivity contribution in [3.63, 3.8) is 0 Å². The first-order valence-electron chi connectivity index (χ1n) is 9.75. The Labute approximate surface area is 161 Å². The van der Waals surface area contributed by atoms with Gasteiger partial charge in [0.15, 0.2) is 0 Å². The molecule has 0 radical (unpaired) electrons. The van der Waals surface area contributed by atoms with Gasteiger partial charge < -0.3 is 14.8 Å². The van der Waals surface area contributed by atoms with Gasteiger partial charge in [0, 0.05) is 38.9 Å². The highest BCUT2D eigenvalue weighted by atomic mass is 16.5. The average Bonchev–Trinajstić information content (AvgIpc) is 3.05. The molecule has 0 bridgehead atoms. The summed E-state index contributed by atoms with van der Waals surface area (Å²) >= 11 is 0. The molecule has 1 N–H and O–H groups in total. The van der Waals surface area contributed by atoms with Gasteiger partial charge in [-0.25, -0.2) is 0 Å². The topological polar surface area (TPSA) is 74.6 Å². The number of nitrogens with zero attached hydrogens (tertiary/aromatic N) is 2. The number of ether oxygens (including phenoxy) is 2. The van der Waals surface area contributed by atoms with Crippen molar-refractivity contribution >= 4 is 5.91 Å². The Hall–Kier alpha value is -1.94. The fraction of sp³-hybridized carbons (Fsp3) is 0.619. The first-order valence-corrected chi connectivity index (χ1v) is 9.75. The zero-order valence-electron chi connectivity index (χ0n) is 16.2. The van der Waals surface area contributed by atoms with Crippen LogP contribution in [0.5, 0.6) is 0 Å². The second kappa shape index (κ2) is 8.83. The number of amides is 1. The van der Waals surface area contributed by atoms with Crippen LogP contribution in [0.2, 0.25) is 0 Å². The standard InChI is InChI=1S/C21H29N3O3/c1-3-27-15-20(25)23-18-7-8-21(26-2)9-10-24(19(21)12-18)14-17-6-4-5-16(11-17)13-22/h4-6,11,18-19H,3,7-10,12,14-15H2,1-2H3,(H,23,25)/t18-,19+,21-/m1/s1.